The van der Waals surface area contributed by atoms with E-state index in [4.69, 9.17) is 9.47 Å². The van der Waals surface area contributed by atoms with Crippen molar-refractivity contribution in [3.05, 3.63) is 66.0 Å². The van der Waals surface area contributed by atoms with Crippen LogP contribution in [0.25, 0.3) is 0 Å². The molecule has 1 N–H and O–H groups in total. The van der Waals surface area contributed by atoms with Crippen LogP contribution in [-0.2, 0) is 0 Å². The smallest absolute Gasteiger partial charge is 0.222 e. The predicted molar refractivity (Wildman–Crippen MR) is 95.1 cm³/mol. The lowest BCUT2D eigenvalue weighted by molar-refractivity contribution is 0.408. The molecule has 0 fully saturated rings. The quantitative estimate of drug-likeness (QED) is 0.791. The van der Waals surface area contributed by atoms with Crippen molar-refractivity contribution in [1.82, 2.24) is 14.8 Å². The zero-order valence-corrected chi connectivity index (χ0v) is 14.2. The summed E-state index contributed by atoms with van der Waals surface area (Å²) >= 11 is 0. The minimum Gasteiger partial charge on any atom is -0.497 e. The van der Waals surface area contributed by atoms with Crippen LogP contribution >= 0.6 is 0 Å². The number of fused-ring (bicyclic) bond motifs is 1. The zero-order chi connectivity index (χ0) is 17.2. The van der Waals surface area contributed by atoms with Gasteiger partial charge in [-0.2, -0.15) is 10.1 Å². The van der Waals surface area contributed by atoms with Crippen LogP contribution in [0.2, 0.25) is 0 Å². The molecule has 2 aromatic carbocycles. The molecule has 0 bridgehead atoms. The molecule has 3 aromatic rings. The van der Waals surface area contributed by atoms with E-state index < -0.39 is 0 Å². The van der Waals surface area contributed by atoms with Crippen molar-refractivity contribution in [2.45, 2.75) is 18.5 Å². The molecule has 0 saturated carbocycles. The minimum absolute atomic E-state index is 0.112. The van der Waals surface area contributed by atoms with Crippen molar-refractivity contribution >= 4 is 5.95 Å². The van der Waals surface area contributed by atoms with Gasteiger partial charge in [-0.05, 0) is 41.8 Å². The highest BCUT2D eigenvalue weighted by Crippen LogP contribution is 2.38. The second kappa shape index (κ2) is 6.47. The van der Waals surface area contributed by atoms with Crippen LogP contribution < -0.4 is 14.8 Å². The first kappa shape index (κ1) is 15.5. The van der Waals surface area contributed by atoms with Crippen molar-refractivity contribution in [2.75, 3.05) is 19.5 Å². The Morgan fingerprint density at radius 3 is 2.56 bits per heavy atom. The van der Waals surface area contributed by atoms with E-state index in [0.29, 0.717) is 0 Å². The Labute approximate surface area is 146 Å². The van der Waals surface area contributed by atoms with E-state index in [1.165, 1.54) is 11.1 Å². The molecule has 0 amide bonds. The summed E-state index contributed by atoms with van der Waals surface area (Å²) in [7, 11) is 3.36. The summed E-state index contributed by atoms with van der Waals surface area (Å²) < 4.78 is 12.6. The fourth-order valence-corrected chi connectivity index (χ4v) is 3.30. The van der Waals surface area contributed by atoms with E-state index in [-0.39, 0.29) is 12.1 Å². The van der Waals surface area contributed by atoms with Gasteiger partial charge >= 0.3 is 0 Å². The predicted octanol–water partition coefficient (Wildman–Crippen LogP) is 3.44. The lowest BCUT2D eigenvalue weighted by atomic mass is 9.93. The third kappa shape index (κ3) is 2.91. The van der Waals surface area contributed by atoms with E-state index in [2.05, 4.69) is 39.7 Å². The summed E-state index contributed by atoms with van der Waals surface area (Å²) in [5.74, 6) is 2.48. The number of nitrogens with one attached hydrogen (secondary N) is 1. The lowest BCUT2D eigenvalue weighted by Gasteiger charge is -2.32. The summed E-state index contributed by atoms with van der Waals surface area (Å²) in [4.78, 5) is 4.37. The molecule has 6 heteroatoms. The Balaban J connectivity index is 1.69. The summed E-state index contributed by atoms with van der Waals surface area (Å²) in [5, 5.41) is 7.88. The molecule has 0 spiro atoms. The fraction of sp³-hybridized carbons (Fsp3) is 0.263. The second-order valence-corrected chi connectivity index (χ2v) is 6.03. The van der Waals surface area contributed by atoms with Gasteiger partial charge < -0.3 is 14.8 Å². The van der Waals surface area contributed by atoms with Gasteiger partial charge in [0.1, 0.15) is 17.8 Å². The largest absolute Gasteiger partial charge is 0.497 e. The molecule has 25 heavy (non-hydrogen) atoms. The van der Waals surface area contributed by atoms with Crippen molar-refractivity contribution in [1.29, 1.82) is 0 Å². The topological polar surface area (TPSA) is 61.2 Å². The summed E-state index contributed by atoms with van der Waals surface area (Å²) in [6, 6.07) is 16.5. The first-order valence-corrected chi connectivity index (χ1v) is 8.22. The number of methoxy groups -OCH3 is 2. The SMILES string of the molecule is COc1ccc([C@@H]2C[C@H](c3cccc(OC)c3)Nc3ncnn32)cc1. The molecular weight excluding hydrogens is 316 g/mol. The maximum atomic E-state index is 5.36. The van der Waals surface area contributed by atoms with Crippen LogP contribution in [0.4, 0.5) is 5.95 Å². The van der Waals surface area contributed by atoms with Crippen LogP contribution in [0.3, 0.4) is 0 Å². The molecule has 0 unspecified atom stereocenters. The van der Waals surface area contributed by atoms with Crippen LogP contribution in [-0.4, -0.2) is 29.0 Å². The number of benzene rings is 2. The molecule has 1 aromatic heterocycles. The molecule has 6 nitrogen and oxygen atoms in total. The van der Waals surface area contributed by atoms with E-state index in [1.807, 2.05) is 28.9 Å². The van der Waals surface area contributed by atoms with Crippen LogP contribution in [0, 0.1) is 0 Å². The molecule has 2 atom stereocenters. The summed E-state index contributed by atoms with van der Waals surface area (Å²) in [6.45, 7) is 0. The highest BCUT2D eigenvalue weighted by molar-refractivity contribution is 5.41. The zero-order valence-electron chi connectivity index (χ0n) is 14.2. The molecule has 1 aliphatic heterocycles. The first-order valence-electron chi connectivity index (χ1n) is 8.22. The Bertz CT molecular complexity index is 860. The van der Waals surface area contributed by atoms with Gasteiger partial charge in [0.05, 0.1) is 26.3 Å². The third-order valence-electron chi connectivity index (χ3n) is 4.63. The van der Waals surface area contributed by atoms with Crippen molar-refractivity contribution in [3.63, 3.8) is 0 Å². The highest BCUT2D eigenvalue weighted by Gasteiger charge is 2.30. The van der Waals surface area contributed by atoms with E-state index in [0.717, 1.165) is 23.9 Å². The minimum atomic E-state index is 0.112. The van der Waals surface area contributed by atoms with Gasteiger partial charge in [0.15, 0.2) is 0 Å². The fourth-order valence-electron chi connectivity index (χ4n) is 3.30. The third-order valence-corrected chi connectivity index (χ3v) is 4.63. The van der Waals surface area contributed by atoms with E-state index in [1.54, 1.807) is 20.5 Å². The number of ether oxygens (including phenoxy) is 2. The van der Waals surface area contributed by atoms with Gasteiger partial charge in [-0.3, -0.25) is 0 Å². The number of aromatic nitrogens is 3. The van der Waals surface area contributed by atoms with Gasteiger partial charge in [0.25, 0.3) is 0 Å². The van der Waals surface area contributed by atoms with Crippen LogP contribution in [0.1, 0.15) is 29.6 Å². The average molecular weight is 336 g/mol. The maximum Gasteiger partial charge on any atom is 0.222 e. The Morgan fingerprint density at radius 1 is 1.00 bits per heavy atom. The molecule has 0 radical (unpaired) electrons. The number of hydrogen-bond donors (Lipinski definition) is 1. The Morgan fingerprint density at radius 2 is 1.80 bits per heavy atom. The van der Waals surface area contributed by atoms with Gasteiger partial charge in [0.2, 0.25) is 5.95 Å². The van der Waals surface area contributed by atoms with E-state index >= 15 is 0 Å². The van der Waals surface area contributed by atoms with Gasteiger partial charge in [-0.25, -0.2) is 4.68 Å². The molecule has 1 aliphatic rings. The Kier molecular flexibility index (Phi) is 4.01. The normalized spacial score (nSPS) is 19.0. The standard InChI is InChI=1S/C19H20N4O2/c1-24-15-8-6-13(7-9-15)18-11-17(22-19-20-12-21-23(18)19)14-4-3-5-16(10-14)25-2/h3-10,12,17-18H,11H2,1-2H3,(H,20,21,22)/t17-,18+/m1/s1. The highest BCUT2D eigenvalue weighted by atomic mass is 16.5. The molecular formula is C19H20N4O2. The number of anilines is 1. The maximum absolute atomic E-state index is 5.36. The summed E-state index contributed by atoms with van der Waals surface area (Å²) in [6.07, 6.45) is 2.46. The van der Waals surface area contributed by atoms with Gasteiger partial charge in [0, 0.05) is 0 Å². The molecule has 0 saturated heterocycles. The van der Waals surface area contributed by atoms with Gasteiger partial charge in [-0.15, -0.1) is 0 Å². The number of nitrogens with zero attached hydrogens (tertiary/aromatic N) is 3. The lowest BCUT2D eigenvalue weighted by Crippen LogP contribution is -2.28. The van der Waals surface area contributed by atoms with Gasteiger partial charge in [-0.1, -0.05) is 24.3 Å². The monoisotopic (exact) mass is 336 g/mol. The van der Waals surface area contributed by atoms with Crippen molar-refractivity contribution < 1.29 is 9.47 Å². The second-order valence-electron chi connectivity index (χ2n) is 6.03. The van der Waals surface area contributed by atoms with Crippen LogP contribution in [0.5, 0.6) is 11.5 Å². The molecule has 2 heterocycles. The number of rotatable bonds is 4. The van der Waals surface area contributed by atoms with Crippen LogP contribution in [0.15, 0.2) is 54.9 Å². The van der Waals surface area contributed by atoms with Crippen molar-refractivity contribution in [3.8, 4) is 11.5 Å². The number of hydrogen-bond acceptors (Lipinski definition) is 5. The summed E-state index contributed by atoms with van der Waals surface area (Å²) in [5.41, 5.74) is 2.36. The molecule has 0 aliphatic carbocycles. The first-order chi connectivity index (χ1) is 12.3. The average Bonchev–Trinajstić information content (AvgIpc) is 3.16. The van der Waals surface area contributed by atoms with E-state index in [9.17, 15) is 0 Å². The molecule has 4 rings (SSSR count). The van der Waals surface area contributed by atoms with Crippen molar-refractivity contribution in [2.24, 2.45) is 0 Å². The molecule has 128 valence electrons. The Hall–Kier alpha value is -3.02.